The molecule has 7 heteroatoms. The number of hydrogen-bond donors (Lipinski definition) is 0. The number of para-hydroxylation sites is 3. The van der Waals surface area contributed by atoms with Gasteiger partial charge in [-0.2, -0.15) is 4.57 Å². The number of fused-ring (bicyclic) bond motifs is 2. The Kier molecular flexibility index (Phi) is 5.45. The zero-order valence-corrected chi connectivity index (χ0v) is 19.9. The minimum atomic E-state index is 0.000758. The van der Waals surface area contributed by atoms with E-state index in [1.807, 2.05) is 43.5 Å². The number of rotatable bonds is 4. The molecule has 162 valence electrons. The molecule has 0 fully saturated rings. The van der Waals surface area contributed by atoms with Gasteiger partial charge in [0.05, 0.1) is 16.3 Å². The minimum Gasteiger partial charge on any atom is -0.439 e. The van der Waals surface area contributed by atoms with E-state index in [4.69, 9.17) is 4.74 Å². The molecule has 0 radical (unpaired) electrons. The van der Waals surface area contributed by atoms with Crippen molar-refractivity contribution in [1.82, 2.24) is 4.57 Å². The van der Waals surface area contributed by atoms with Crippen molar-refractivity contribution in [3.05, 3.63) is 85.0 Å². The molecule has 1 aliphatic heterocycles. The van der Waals surface area contributed by atoms with Crippen LogP contribution in [0.5, 0.6) is 5.75 Å². The van der Waals surface area contributed by atoms with Gasteiger partial charge in [0.1, 0.15) is 15.9 Å². The van der Waals surface area contributed by atoms with Crippen LogP contribution in [0.25, 0.3) is 22.4 Å². The van der Waals surface area contributed by atoms with E-state index in [-0.39, 0.29) is 5.56 Å². The zero-order chi connectivity index (χ0) is 22.2. The number of nitrogens with zero attached hydrogens (tertiary/aromatic N) is 3. The van der Waals surface area contributed by atoms with Crippen LogP contribution in [0.3, 0.4) is 0 Å². The lowest BCUT2D eigenvalue weighted by atomic mass is 10.3. The maximum absolute atomic E-state index is 12.9. The second kappa shape index (κ2) is 8.41. The molecule has 0 saturated heterocycles. The fourth-order valence-corrected chi connectivity index (χ4v) is 6.18. The average Bonchev–Trinajstić information content (AvgIpc) is 3.44. The van der Waals surface area contributed by atoms with Crippen molar-refractivity contribution in [3.63, 3.8) is 0 Å². The molecule has 0 atom stereocenters. The number of benzene rings is 2. The first-order valence-corrected chi connectivity index (χ1v) is 12.3. The van der Waals surface area contributed by atoms with E-state index >= 15 is 0 Å². The highest BCUT2D eigenvalue weighted by molar-refractivity contribution is 7.19. The summed E-state index contributed by atoms with van der Waals surface area (Å²) in [6.07, 6.45) is 5.88. The molecule has 5 rings (SSSR count). The molecule has 0 unspecified atom stereocenters. The Bertz CT molecular complexity index is 1520. The molecule has 0 spiro atoms. The molecule has 4 aromatic rings. The van der Waals surface area contributed by atoms with Crippen molar-refractivity contribution in [3.8, 4) is 5.75 Å². The van der Waals surface area contributed by atoms with Crippen LogP contribution in [0.2, 0.25) is 0 Å². The fourth-order valence-electron chi connectivity index (χ4n) is 3.96. The van der Waals surface area contributed by atoms with Gasteiger partial charge in [-0.25, -0.2) is 0 Å². The van der Waals surface area contributed by atoms with Crippen LogP contribution in [0.1, 0.15) is 18.9 Å². The lowest BCUT2D eigenvalue weighted by molar-refractivity contribution is -0.665. The zero-order valence-electron chi connectivity index (χ0n) is 18.2. The van der Waals surface area contributed by atoms with Crippen molar-refractivity contribution in [2.24, 2.45) is 7.05 Å². The number of aryl methyl sites for hydroxylation is 1. The molecule has 0 bridgehead atoms. The Morgan fingerprint density at radius 2 is 1.81 bits per heavy atom. The predicted octanol–water partition coefficient (Wildman–Crippen LogP) is 3.34. The summed E-state index contributed by atoms with van der Waals surface area (Å²) in [6, 6.07) is 16.4. The van der Waals surface area contributed by atoms with Gasteiger partial charge in [0, 0.05) is 25.7 Å². The van der Waals surface area contributed by atoms with Gasteiger partial charge in [-0.05, 0) is 38.1 Å². The lowest BCUT2D eigenvalue weighted by Crippen LogP contribution is -2.34. The molecule has 0 saturated carbocycles. The van der Waals surface area contributed by atoms with Gasteiger partial charge in [0.15, 0.2) is 5.75 Å². The van der Waals surface area contributed by atoms with Gasteiger partial charge in [-0.1, -0.05) is 35.6 Å². The van der Waals surface area contributed by atoms with Crippen molar-refractivity contribution >= 4 is 50.7 Å². The largest absolute Gasteiger partial charge is 0.439 e. The second-order valence-electron chi connectivity index (χ2n) is 7.45. The highest BCUT2D eigenvalue weighted by Gasteiger charge is 2.23. The fraction of sp³-hybridized carbons (Fsp3) is 0.200. The van der Waals surface area contributed by atoms with E-state index in [1.165, 1.54) is 21.6 Å². The normalized spacial score (nSPS) is 15.7. The van der Waals surface area contributed by atoms with Crippen LogP contribution in [0, 0.1) is 0 Å². The third-order valence-corrected chi connectivity index (χ3v) is 7.83. The van der Waals surface area contributed by atoms with Crippen LogP contribution in [0.15, 0.2) is 65.3 Å². The van der Waals surface area contributed by atoms with Crippen molar-refractivity contribution in [2.75, 3.05) is 11.4 Å². The van der Waals surface area contributed by atoms with Gasteiger partial charge in [-0.3, -0.25) is 4.79 Å². The smallest absolute Gasteiger partial charge is 0.268 e. The quantitative estimate of drug-likeness (QED) is 0.437. The molecule has 2 aromatic carbocycles. The SMILES string of the molecule is CCN1/C(=C\C=c2/s/c(=C/c3sc4ccccc4[n+]3CC)n(C)c2=O)Oc2ccccc21. The van der Waals surface area contributed by atoms with E-state index < -0.39 is 0 Å². The van der Waals surface area contributed by atoms with E-state index in [0.717, 1.165) is 40.1 Å². The summed E-state index contributed by atoms with van der Waals surface area (Å²) in [6.45, 7) is 5.91. The highest BCUT2D eigenvalue weighted by atomic mass is 32.1. The van der Waals surface area contributed by atoms with Crippen LogP contribution >= 0.6 is 22.7 Å². The lowest BCUT2D eigenvalue weighted by Gasteiger charge is -2.14. The number of allylic oxidation sites excluding steroid dienone is 1. The Morgan fingerprint density at radius 3 is 2.62 bits per heavy atom. The topological polar surface area (TPSA) is 38.4 Å². The Morgan fingerprint density at radius 1 is 1.03 bits per heavy atom. The summed E-state index contributed by atoms with van der Waals surface area (Å²) in [4.78, 5) is 15.0. The standard InChI is InChI=1S/C25H24N3O2S2/c1-4-27-17-10-6-8-12-19(17)30-22(27)15-14-21-25(29)26(3)23(32-21)16-24-28(5-2)18-11-7-9-13-20(18)31-24/h6-16H,4-5H2,1-3H3/q+1/b21-14-,22-15+. The summed E-state index contributed by atoms with van der Waals surface area (Å²) in [5.74, 6) is 1.58. The first kappa shape index (κ1) is 20.7. The van der Waals surface area contributed by atoms with Crippen LogP contribution < -0.4 is 29.0 Å². The molecule has 5 nitrogen and oxygen atoms in total. The summed E-state index contributed by atoms with van der Waals surface area (Å²) in [7, 11) is 1.83. The maximum Gasteiger partial charge on any atom is 0.268 e. The molecule has 0 aliphatic carbocycles. The second-order valence-corrected chi connectivity index (χ2v) is 9.58. The Balaban J connectivity index is 1.58. The summed E-state index contributed by atoms with van der Waals surface area (Å²) >= 11 is 3.25. The molecule has 3 heterocycles. The molecule has 1 aliphatic rings. The van der Waals surface area contributed by atoms with E-state index in [9.17, 15) is 4.79 Å². The number of aromatic nitrogens is 2. The number of hydrogen-bond acceptors (Lipinski definition) is 5. The minimum absolute atomic E-state index is 0.000758. The third-order valence-electron chi connectivity index (χ3n) is 5.59. The third kappa shape index (κ3) is 3.47. The molecular formula is C25H24N3O2S2+. The number of ether oxygens (including phenoxy) is 1. The van der Waals surface area contributed by atoms with Crippen LogP contribution in [-0.2, 0) is 13.6 Å². The van der Waals surface area contributed by atoms with Gasteiger partial charge in [-0.15, -0.1) is 11.3 Å². The summed E-state index contributed by atoms with van der Waals surface area (Å²) in [5, 5.41) is 1.14. The van der Waals surface area contributed by atoms with Crippen LogP contribution in [-0.4, -0.2) is 11.1 Å². The van der Waals surface area contributed by atoms with Crippen LogP contribution in [0.4, 0.5) is 5.69 Å². The summed E-state index contributed by atoms with van der Waals surface area (Å²) < 4.78 is 12.9. The first-order chi connectivity index (χ1) is 15.6. The molecule has 2 aromatic heterocycles. The molecular weight excluding hydrogens is 438 g/mol. The monoisotopic (exact) mass is 462 g/mol. The average molecular weight is 463 g/mol. The molecule has 0 amide bonds. The van der Waals surface area contributed by atoms with Gasteiger partial charge < -0.3 is 14.2 Å². The number of anilines is 1. The highest BCUT2D eigenvalue weighted by Crippen LogP contribution is 2.38. The van der Waals surface area contributed by atoms with Gasteiger partial charge >= 0.3 is 0 Å². The van der Waals surface area contributed by atoms with Crippen molar-refractivity contribution in [1.29, 1.82) is 0 Å². The first-order valence-electron chi connectivity index (χ1n) is 10.7. The maximum atomic E-state index is 12.9. The van der Waals surface area contributed by atoms with E-state index in [2.05, 4.69) is 53.7 Å². The predicted molar refractivity (Wildman–Crippen MR) is 133 cm³/mol. The van der Waals surface area contributed by atoms with Crippen molar-refractivity contribution < 1.29 is 9.30 Å². The van der Waals surface area contributed by atoms with E-state index in [1.54, 1.807) is 15.9 Å². The number of thiazole rings is 2. The van der Waals surface area contributed by atoms with E-state index in [0.29, 0.717) is 4.53 Å². The summed E-state index contributed by atoms with van der Waals surface area (Å²) in [5.41, 5.74) is 2.28. The Hall–Kier alpha value is -3.16. The van der Waals surface area contributed by atoms with Crippen molar-refractivity contribution in [2.45, 2.75) is 20.4 Å². The molecule has 0 N–H and O–H groups in total. The Labute approximate surface area is 194 Å². The van der Waals surface area contributed by atoms with Gasteiger partial charge in [0.25, 0.3) is 10.6 Å². The van der Waals surface area contributed by atoms with Gasteiger partial charge in [0.2, 0.25) is 11.4 Å². The molecule has 32 heavy (non-hydrogen) atoms.